The van der Waals surface area contributed by atoms with Gasteiger partial charge in [-0.15, -0.1) is 0 Å². The Bertz CT molecular complexity index is 9.61. The lowest BCUT2D eigenvalue weighted by molar-refractivity contribution is 0.712. The summed E-state index contributed by atoms with van der Waals surface area (Å²) in [6, 6.07) is 0. The summed E-state index contributed by atoms with van der Waals surface area (Å²) in [5.41, 5.74) is 4.50. The Labute approximate surface area is 30.5 Å². The minimum absolute atomic E-state index is 1.00. The molecule has 4 heteroatoms. The highest BCUT2D eigenvalue weighted by Crippen LogP contribution is 1.49. The molecule has 5 heavy (non-hydrogen) atoms. The first kappa shape index (κ1) is 8.86. The molecule has 0 aromatic rings. The van der Waals surface area contributed by atoms with Gasteiger partial charge in [0.1, 0.15) is 0 Å². The van der Waals surface area contributed by atoms with Crippen molar-refractivity contribution in [2.75, 3.05) is 7.05 Å². The Morgan fingerprint density at radius 1 is 1.40 bits per heavy atom. The van der Waals surface area contributed by atoms with Gasteiger partial charge in [0.25, 0.3) is 0 Å². The third-order valence-electron chi connectivity index (χ3n) is 0. The number of hydrogen-bond acceptors (Lipinski definition) is 1. The van der Waals surface area contributed by atoms with Crippen molar-refractivity contribution in [3.8, 4) is 0 Å². The molecule has 1 radical (unpaired) electrons. The number of nitrogens with two attached hydrogens (primary N) is 1. The lowest BCUT2D eigenvalue weighted by atomic mass is 10.6. The topological polar surface area (TPSA) is 26.0 Å². The summed E-state index contributed by atoms with van der Waals surface area (Å²) in [6.45, 7) is 0. The highest BCUT2D eigenvalue weighted by molar-refractivity contribution is 6.15. The maximum absolute atomic E-state index is 9.50. The summed E-state index contributed by atoms with van der Waals surface area (Å²) < 4.78 is 19.0. The van der Waals surface area contributed by atoms with Gasteiger partial charge in [-0.3, -0.25) is 8.63 Å². The average Bonchev–Trinajstić information content (AvgIpc) is 1.46. The van der Waals surface area contributed by atoms with Crippen LogP contribution in [0.5, 0.6) is 0 Å². The van der Waals surface area contributed by atoms with Gasteiger partial charge >= 0.3 is 7.83 Å². The molecule has 0 bridgehead atoms. The molecule has 0 aliphatic carbocycles. The Kier molecular flexibility index (Phi) is 73.2. The molecule has 0 fully saturated rings. The smallest absolute Gasteiger partial charge is 0.333 e. The van der Waals surface area contributed by atoms with Crippen LogP contribution in [0.15, 0.2) is 0 Å². The molecule has 2 N–H and O–H groups in total. The van der Waals surface area contributed by atoms with Crippen LogP contribution in [-0.2, 0) is 0 Å². The molecule has 0 aromatic heterocycles. The van der Waals surface area contributed by atoms with E-state index in [0.29, 0.717) is 0 Å². The van der Waals surface area contributed by atoms with Crippen LogP contribution in [0.3, 0.4) is 0 Å². The maximum atomic E-state index is 9.50. The van der Waals surface area contributed by atoms with Gasteiger partial charge in [-0.05, 0) is 7.05 Å². The second-order valence-corrected chi connectivity index (χ2v) is 0.0825. The zero-order chi connectivity index (χ0) is 4.71. The van der Waals surface area contributed by atoms with Crippen molar-refractivity contribution in [3.63, 3.8) is 0 Å². The van der Waals surface area contributed by atoms with Gasteiger partial charge in [0, 0.05) is 0 Å². The Balaban J connectivity index is 0. The maximum Gasteiger partial charge on any atom is 0.577 e. The fourth-order valence-electron chi connectivity index (χ4n) is 0. The van der Waals surface area contributed by atoms with Crippen LogP contribution in [0.1, 0.15) is 0 Å². The summed E-state index contributed by atoms with van der Waals surface area (Å²) in [4.78, 5) is 0. The van der Waals surface area contributed by atoms with Crippen molar-refractivity contribution in [2.45, 2.75) is 0 Å². The van der Waals surface area contributed by atoms with Crippen LogP contribution in [0.4, 0.5) is 8.63 Å². The summed E-state index contributed by atoms with van der Waals surface area (Å²) in [6.07, 6.45) is 0. The number of halogens is 2. The Morgan fingerprint density at radius 2 is 1.40 bits per heavy atom. The van der Waals surface area contributed by atoms with E-state index >= 15 is 0 Å². The molecule has 0 spiro atoms. The van der Waals surface area contributed by atoms with Gasteiger partial charge < -0.3 is 5.73 Å². The van der Waals surface area contributed by atoms with Crippen LogP contribution in [0.2, 0.25) is 0 Å². The zero-order valence-electron chi connectivity index (χ0n) is 2.91. The predicted molar refractivity (Wildman–Crippen MR) is 18.1 cm³/mol. The van der Waals surface area contributed by atoms with Crippen LogP contribution in [0.25, 0.3) is 0 Å². The van der Waals surface area contributed by atoms with Gasteiger partial charge in [-0.25, -0.2) is 0 Å². The number of hydrogen-bond donors (Lipinski definition) is 1. The molecule has 0 saturated carbocycles. The molecule has 0 aromatic carbocycles. The van der Waals surface area contributed by atoms with Crippen LogP contribution in [0, 0.1) is 0 Å². The van der Waals surface area contributed by atoms with E-state index in [1.165, 1.54) is 7.05 Å². The van der Waals surface area contributed by atoms with E-state index in [-0.39, 0.29) is 0 Å². The van der Waals surface area contributed by atoms with E-state index in [1.54, 1.807) is 0 Å². The fraction of sp³-hybridized carbons (Fsp3) is 1.00. The van der Waals surface area contributed by atoms with Crippen molar-refractivity contribution in [1.82, 2.24) is 0 Å². The Morgan fingerprint density at radius 3 is 1.40 bits per heavy atom. The van der Waals surface area contributed by atoms with Crippen LogP contribution < -0.4 is 5.73 Å². The zero-order valence-corrected chi connectivity index (χ0v) is 2.91. The minimum Gasteiger partial charge on any atom is -0.333 e. The number of rotatable bonds is 0. The van der Waals surface area contributed by atoms with E-state index in [9.17, 15) is 8.63 Å². The average molecular weight is 79.9 g/mol. The normalized spacial score (nSPS) is 4.00. The molecule has 0 aliphatic heterocycles. The first-order valence-electron chi connectivity index (χ1n) is 1.01. The molecule has 0 amide bonds. The first-order chi connectivity index (χ1) is 2.41. The van der Waals surface area contributed by atoms with Crippen molar-refractivity contribution >= 4 is 7.83 Å². The SMILES string of the molecule is CN.F[B]F. The van der Waals surface area contributed by atoms with Crippen LogP contribution in [-0.4, -0.2) is 14.9 Å². The minimum atomic E-state index is -1.00. The summed E-state index contributed by atoms with van der Waals surface area (Å²) >= 11 is 0. The third kappa shape index (κ3) is 1040. The van der Waals surface area contributed by atoms with E-state index in [0.717, 1.165) is 0 Å². The molecule has 0 unspecified atom stereocenters. The lowest BCUT2D eigenvalue weighted by Crippen LogP contribution is -1.69. The molecular weight excluding hydrogens is 74.8 g/mol. The monoisotopic (exact) mass is 80.0 g/mol. The van der Waals surface area contributed by atoms with Gasteiger partial charge in [-0.1, -0.05) is 0 Å². The van der Waals surface area contributed by atoms with Crippen molar-refractivity contribution in [2.24, 2.45) is 5.73 Å². The summed E-state index contributed by atoms with van der Waals surface area (Å²) in [5, 5.41) is 0. The molecular formula is CH5BF2N. The quantitative estimate of drug-likeness (QED) is 0.408. The van der Waals surface area contributed by atoms with Gasteiger partial charge in [0.15, 0.2) is 0 Å². The van der Waals surface area contributed by atoms with E-state index < -0.39 is 7.83 Å². The van der Waals surface area contributed by atoms with E-state index in [2.05, 4.69) is 5.73 Å². The standard InChI is InChI=1S/CH5N.BF2/c1-2;2-1-3/h2H2,1H3;. The lowest BCUT2D eigenvalue weighted by Gasteiger charge is -1.33. The molecule has 31 valence electrons. The molecule has 0 rings (SSSR count). The van der Waals surface area contributed by atoms with Crippen LogP contribution >= 0.6 is 0 Å². The second kappa shape index (κ2) is 41.3. The molecule has 0 heterocycles. The van der Waals surface area contributed by atoms with Crippen molar-refractivity contribution in [3.05, 3.63) is 0 Å². The predicted octanol–water partition coefficient (Wildman–Crippen LogP) is 0.0345. The fourth-order valence-corrected chi connectivity index (χ4v) is 0. The molecule has 0 saturated heterocycles. The van der Waals surface area contributed by atoms with E-state index in [4.69, 9.17) is 0 Å². The molecule has 0 aliphatic rings. The summed E-state index contributed by atoms with van der Waals surface area (Å²) in [5.74, 6) is 0. The second-order valence-electron chi connectivity index (χ2n) is 0.0825. The van der Waals surface area contributed by atoms with Gasteiger partial charge in [-0.2, -0.15) is 0 Å². The first-order valence-corrected chi connectivity index (χ1v) is 1.01. The van der Waals surface area contributed by atoms with E-state index in [1.807, 2.05) is 0 Å². The molecule has 1 nitrogen and oxygen atoms in total. The molecule has 0 atom stereocenters. The van der Waals surface area contributed by atoms with Gasteiger partial charge in [0.05, 0.1) is 0 Å². The largest absolute Gasteiger partial charge is 0.577 e. The summed E-state index contributed by atoms with van der Waals surface area (Å²) in [7, 11) is 0.500. The third-order valence-corrected chi connectivity index (χ3v) is 0. The highest BCUT2D eigenvalue weighted by Gasteiger charge is 1.62. The van der Waals surface area contributed by atoms with Crippen molar-refractivity contribution < 1.29 is 8.63 Å². The van der Waals surface area contributed by atoms with Gasteiger partial charge in [0.2, 0.25) is 0 Å². The Hall–Kier alpha value is -0.115. The van der Waals surface area contributed by atoms with Crippen molar-refractivity contribution in [1.29, 1.82) is 0 Å². The highest BCUT2D eigenvalue weighted by atomic mass is 19.2.